The molecule has 7 nitrogen and oxygen atoms in total. The number of carbonyl (C=O) groups excluding carboxylic acids is 1. The van der Waals surface area contributed by atoms with Gasteiger partial charge in [-0.3, -0.25) is 4.79 Å². The summed E-state index contributed by atoms with van der Waals surface area (Å²) in [6.07, 6.45) is 5.66. The highest BCUT2D eigenvalue weighted by molar-refractivity contribution is 5.97. The molecule has 0 saturated carbocycles. The fourth-order valence-corrected chi connectivity index (χ4v) is 3.79. The first-order chi connectivity index (χ1) is 13.7. The Morgan fingerprint density at radius 3 is 2.82 bits per heavy atom. The van der Waals surface area contributed by atoms with Gasteiger partial charge in [0.15, 0.2) is 0 Å². The monoisotopic (exact) mass is 377 g/mol. The Kier molecular flexibility index (Phi) is 5.32. The number of aromatic hydroxyl groups is 1. The molecule has 1 amide bonds. The first-order valence-electron chi connectivity index (χ1n) is 9.60. The van der Waals surface area contributed by atoms with Crippen LogP contribution in [0.15, 0.2) is 54.9 Å². The maximum Gasteiger partial charge on any atom is 0.257 e. The van der Waals surface area contributed by atoms with E-state index in [1.807, 2.05) is 11.0 Å². The van der Waals surface area contributed by atoms with Gasteiger partial charge in [-0.15, -0.1) is 5.10 Å². The molecular formula is C21H23N5O2. The van der Waals surface area contributed by atoms with Crippen LogP contribution >= 0.6 is 0 Å². The molecule has 3 aromatic rings. The van der Waals surface area contributed by atoms with Crippen LogP contribution in [0.3, 0.4) is 0 Å². The van der Waals surface area contributed by atoms with E-state index in [1.165, 1.54) is 22.6 Å². The molecule has 1 N–H and O–H groups in total. The summed E-state index contributed by atoms with van der Waals surface area (Å²) in [5.41, 5.74) is 2.26. The minimum absolute atomic E-state index is 0.0202. The second-order valence-electron chi connectivity index (χ2n) is 7.24. The van der Waals surface area contributed by atoms with Crippen molar-refractivity contribution in [2.24, 2.45) is 5.92 Å². The molecule has 0 bridgehead atoms. The minimum Gasteiger partial charge on any atom is -0.507 e. The molecule has 144 valence electrons. The number of likely N-dealkylation sites (tertiary alicyclic amines) is 1. The Morgan fingerprint density at radius 2 is 2.04 bits per heavy atom. The smallest absolute Gasteiger partial charge is 0.257 e. The van der Waals surface area contributed by atoms with Gasteiger partial charge in [0.1, 0.15) is 12.1 Å². The molecule has 2 aromatic carbocycles. The fourth-order valence-electron chi connectivity index (χ4n) is 3.79. The van der Waals surface area contributed by atoms with Gasteiger partial charge in [0.25, 0.3) is 5.91 Å². The van der Waals surface area contributed by atoms with Gasteiger partial charge in [0.2, 0.25) is 0 Å². The highest BCUT2D eigenvalue weighted by Gasteiger charge is 2.26. The number of hydrogen-bond donors (Lipinski definition) is 1. The summed E-state index contributed by atoms with van der Waals surface area (Å²) < 4.78 is 1.47. The Morgan fingerprint density at radius 1 is 1.18 bits per heavy atom. The largest absolute Gasteiger partial charge is 0.507 e. The molecular weight excluding hydrogens is 354 g/mol. The number of rotatable bonds is 5. The molecule has 1 fully saturated rings. The third kappa shape index (κ3) is 4.03. The lowest BCUT2D eigenvalue weighted by Crippen LogP contribution is -2.40. The third-order valence-corrected chi connectivity index (χ3v) is 5.31. The van der Waals surface area contributed by atoms with Crippen LogP contribution in [0, 0.1) is 5.92 Å². The number of phenolic OH excluding ortho intramolecular Hbond substituents is 1. The van der Waals surface area contributed by atoms with E-state index in [-0.39, 0.29) is 17.2 Å². The van der Waals surface area contributed by atoms with Crippen LogP contribution in [-0.4, -0.2) is 49.2 Å². The molecule has 0 radical (unpaired) electrons. The molecule has 2 heterocycles. The Labute approximate surface area is 163 Å². The lowest BCUT2D eigenvalue weighted by atomic mass is 9.91. The average molecular weight is 377 g/mol. The standard InChI is InChI=1S/C21H23N5O2/c27-20-11-10-18(26-15-22-23-24-26)13-19(20)21(28)25-12-4-7-17(14-25)9-8-16-5-2-1-3-6-16/h1-3,5-6,10-11,13,15,17,27H,4,7-9,12,14H2. The maximum atomic E-state index is 13.1. The van der Waals surface area contributed by atoms with Crippen molar-refractivity contribution in [3.8, 4) is 11.4 Å². The second-order valence-corrected chi connectivity index (χ2v) is 7.24. The number of phenols is 1. The fraction of sp³-hybridized carbons (Fsp3) is 0.333. The summed E-state index contributed by atoms with van der Waals surface area (Å²) in [4.78, 5) is 14.9. The molecule has 1 atom stereocenters. The number of piperidine rings is 1. The van der Waals surface area contributed by atoms with E-state index >= 15 is 0 Å². The van der Waals surface area contributed by atoms with Crippen molar-refractivity contribution in [2.45, 2.75) is 25.7 Å². The van der Waals surface area contributed by atoms with Crippen molar-refractivity contribution in [3.05, 3.63) is 66.0 Å². The lowest BCUT2D eigenvalue weighted by Gasteiger charge is -2.33. The van der Waals surface area contributed by atoms with Crippen LogP contribution in [-0.2, 0) is 6.42 Å². The normalized spacial score (nSPS) is 16.9. The SMILES string of the molecule is O=C(c1cc(-n2cnnn2)ccc1O)N1CCCC(CCc2ccccc2)C1. The molecule has 1 aliphatic heterocycles. The topological polar surface area (TPSA) is 84.1 Å². The summed E-state index contributed by atoms with van der Waals surface area (Å²) in [5, 5.41) is 21.3. The highest BCUT2D eigenvalue weighted by atomic mass is 16.3. The number of amides is 1. The number of aryl methyl sites for hydroxylation is 1. The number of hydrogen-bond acceptors (Lipinski definition) is 5. The summed E-state index contributed by atoms with van der Waals surface area (Å²) in [6.45, 7) is 1.44. The maximum absolute atomic E-state index is 13.1. The van der Waals surface area contributed by atoms with Gasteiger partial charge in [0.05, 0.1) is 11.3 Å². The van der Waals surface area contributed by atoms with Crippen LogP contribution in [0.2, 0.25) is 0 Å². The Bertz CT molecular complexity index is 927. The Hall–Kier alpha value is -3.22. The van der Waals surface area contributed by atoms with E-state index in [0.29, 0.717) is 11.6 Å². The first-order valence-corrected chi connectivity index (χ1v) is 9.60. The quantitative estimate of drug-likeness (QED) is 0.739. The van der Waals surface area contributed by atoms with Crippen LogP contribution < -0.4 is 0 Å². The van der Waals surface area contributed by atoms with Crippen molar-refractivity contribution in [3.63, 3.8) is 0 Å². The van der Waals surface area contributed by atoms with E-state index < -0.39 is 0 Å². The zero-order valence-electron chi connectivity index (χ0n) is 15.6. The van der Waals surface area contributed by atoms with Crippen molar-refractivity contribution in [2.75, 3.05) is 13.1 Å². The molecule has 1 unspecified atom stereocenters. The molecule has 7 heteroatoms. The molecule has 28 heavy (non-hydrogen) atoms. The number of aromatic nitrogens is 4. The molecule has 1 aromatic heterocycles. The average Bonchev–Trinajstić information content (AvgIpc) is 3.28. The molecule has 0 spiro atoms. The van der Waals surface area contributed by atoms with Gasteiger partial charge in [-0.25, -0.2) is 4.68 Å². The van der Waals surface area contributed by atoms with Crippen molar-refractivity contribution in [1.29, 1.82) is 0 Å². The lowest BCUT2D eigenvalue weighted by molar-refractivity contribution is 0.0665. The van der Waals surface area contributed by atoms with E-state index in [0.717, 1.165) is 38.8 Å². The zero-order valence-corrected chi connectivity index (χ0v) is 15.6. The summed E-state index contributed by atoms with van der Waals surface area (Å²) in [7, 11) is 0. The predicted octanol–water partition coefficient (Wildman–Crippen LogP) is 2.85. The second kappa shape index (κ2) is 8.21. The number of carbonyl (C=O) groups is 1. The van der Waals surface area contributed by atoms with Crippen LogP contribution in [0.4, 0.5) is 0 Å². The van der Waals surface area contributed by atoms with E-state index in [9.17, 15) is 9.90 Å². The van der Waals surface area contributed by atoms with Crippen molar-refractivity contribution >= 4 is 5.91 Å². The summed E-state index contributed by atoms with van der Waals surface area (Å²) in [5.74, 6) is 0.313. The predicted molar refractivity (Wildman–Crippen MR) is 104 cm³/mol. The van der Waals surface area contributed by atoms with Gasteiger partial charge in [-0.05, 0) is 65.8 Å². The van der Waals surface area contributed by atoms with Gasteiger partial charge in [0, 0.05) is 13.1 Å². The molecule has 4 rings (SSSR count). The highest BCUT2D eigenvalue weighted by Crippen LogP contribution is 2.26. The summed E-state index contributed by atoms with van der Waals surface area (Å²) in [6, 6.07) is 15.3. The zero-order chi connectivity index (χ0) is 19.3. The van der Waals surface area contributed by atoms with Crippen LogP contribution in [0.25, 0.3) is 5.69 Å². The van der Waals surface area contributed by atoms with E-state index in [1.54, 1.807) is 12.1 Å². The molecule has 0 aliphatic carbocycles. The van der Waals surface area contributed by atoms with E-state index in [4.69, 9.17) is 0 Å². The summed E-state index contributed by atoms with van der Waals surface area (Å²) >= 11 is 0. The number of benzene rings is 2. The van der Waals surface area contributed by atoms with Crippen molar-refractivity contribution in [1.82, 2.24) is 25.1 Å². The van der Waals surface area contributed by atoms with E-state index in [2.05, 4.69) is 39.8 Å². The molecule has 1 saturated heterocycles. The number of nitrogens with zero attached hydrogens (tertiary/aromatic N) is 5. The third-order valence-electron chi connectivity index (χ3n) is 5.31. The molecule has 1 aliphatic rings. The van der Waals surface area contributed by atoms with Crippen molar-refractivity contribution < 1.29 is 9.90 Å². The van der Waals surface area contributed by atoms with Crippen LogP contribution in [0.5, 0.6) is 5.75 Å². The first kappa shape index (κ1) is 18.2. The number of tetrazole rings is 1. The van der Waals surface area contributed by atoms with Crippen LogP contribution in [0.1, 0.15) is 35.2 Å². The Balaban J connectivity index is 1.45. The van der Waals surface area contributed by atoms with Gasteiger partial charge < -0.3 is 10.0 Å². The van der Waals surface area contributed by atoms with Gasteiger partial charge >= 0.3 is 0 Å². The van der Waals surface area contributed by atoms with Gasteiger partial charge in [-0.1, -0.05) is 30.3 Å². The van der Waals surface area contributed by atoms with Gasteiger partial charge in [-0.2, -0.15) is 0 Å². The minimum atomic E-state index is -0.142.